The average molecular weight is 264 g/mol. The molecule has 0 heterocycles. The van der Waals surface area contributed by atoms with Gasteiger partial charge in [0, 0.05) is 19.3 Å². The van der Waals surface area contributed by atoms with Gasteiger partial charge in [0.25, 0.3) is 0 Å². The lowest BCUT2D eigenvalue weighted by atomic mass is 9.96. The largest absolute Gasteiger partial charge is 0.478 e. The van der Waals surface area contributed by atoms with Crippen molar-refractivity contribution < 1.29 is 14.7 Å². The summed E-state index contributed by atoms with van der Waals surface area (Å²) in [5.41, 5.74) is 0.636. The first-order chi connectivity index (χ1) is 8.69. The van der Waals surface area contributed by atoms with Crippen LogP contribution in [0, 0.1) is 5.41 Å². The zero-order valence-electron chi connectivity index (χ0n) is 11.7. The smallest absolute Gasteiger partial charge is 0.335 e. The maximum atomic E-state index is 11.9. The average Bonchev–Trinajstić information content (AvgIpc) is 2.27. The van der Waals surface area contributed by atoms with Crippen LogP contribution in [-0.2, 0) is 0 Å². The van der Waals surface area contributed by atoms with E-state index < -0.39 is 5.97 Å². The highest BCUT2D eigenvalue weighted by Gasteiger charge is 2.17. The molecule has 0 aromatic heterocycles. The van der Waals surface area contributed by atoms with Gasteiger partial charge in [-0.1, -0.05) is 26.8 Å². The van der Waals surface area contributed by atoms with Crippen LogP contribution in [0.5, 0.6) is 0 Å². The Bertz CT molecular complexity index is 478. The molecule has 0 aliphatic rings. The fraction of sp³-hybridized carbons (Fsp3) is 0.429. The molecule has 0 aliphatic carbocycles. The summed E-state index contributed by atoms with van der Waals surface area (Å²) in [6.45, 7) is 6.74. The van der Waals surface area contributed by atoms with Crippen LogP contribution >= 0.6 is 0 Å². The summed E-state index contributed by atoms with van der Waals surface area (Å²) in [5.74, 6) is -1.01. The Labute approximate surface area is 113 Å². The highest BCUT2D eigenvalue weighted by Crippen LogP contribution is 2.16. The molecule has 104 valence electrons. The number of carboxylic acids is 1. The number of nitrogens with one attached hydrogen (secondary N) is 1. The van der Waals surface area contributed by atoms with Crippen molar-refractivity contribution in [1.29, 1.82) is 0 Å². The van der Waals surface area contributed by atoms with Gasteiger partial charge in [0.15, 0.2) is 0 Å². The first-order valence-corrected chi connectivity index (χ1v) is 6.04. The van der Waals surface area contributed by atoms with Crippen molar-refractivity contribution in [3.05, 3.63) is 29.8 Å². The third-order valence-corrected chi connectivity index (χ3v) is 2.42. The Balaban J connectivity index is 2.71. The fourth-order valence-electron chi connectivity index (χ4n) is 1.73. The number of nitrogens with zero attached hydrogens (tertiary/aromatic N) is 1. The lowest BCUT2D eigenvalue weighted by Gasteiger charge is -2.26. The molecule has 0 atom stereocenters. The number of carbonyl (C=O) groups is 2. The molecule has 0 unspecified atom stereocenters. The zero-order valence-corrected chi connectivity index (χ0v) is 11.7. The number of amides is 2. The van der Waals surface area contributed by atoms with Crippen molar-refractivity contribution in [1.82, 2.24) is 4.90 Å². The quantitative estimate of drug-likeness (QED) is 0.882. The Morgan fingerprint density at radius 3 is 2.47 bits per heavy atom. The third kappa shape index (κ3) is 4.99. The molecule has 19 heavy (non-hydrogen) atoms. The van der Waals surface area contributed by atoms with Crippen molar-refractivity contribution in [2.24, 2.45) is 5.41 Å². The molecule has 1 aromatic carbocycles. The normalized spacial score (nSPS) is 10.9. The van der Waals surface area contributed by atoms with Gasteiger partial charge in [-0.25, -0.2) is 9.59 Å². The third-order valence-electron chi connectivity index (χ3n) is 2.42. The molecule has 0 saturated heterocycles. The van der Waals surface area contributed by atoms with E-state index in [1.54, 1.807) is 24.1 Å². The van der Waals surface area contributed by atoms with Crippen LogP contribution in [-0.4, -0.2) is 35.6 Å². The Hall–Kier alpha value is -2.04. The van der Waals surface area contributed by atoms with Gasteiger partial charge in [-0.15, -0.1) is 0 Å². The molecule has 2 amide bonds. The molecule has 5 nitrogen and oxygen atoms in total. The molecule has 0 spiro atoms. The molecule has 1 rings (SSSR count). The first kappa shape index (κ1) is 15.0. The van der Waals surface area contributed by atoms with Gasteiger partial charge in [0.2, 0.25) is 0 Å². The van der Waals surface area contributed by atoms with Gasteiger partial charge in [-0.05, 0) is 23.6 Å². The number of benzene rings is 1. The minimum atomic E-state index is -1.01. The SMILES string of the molecule is CN(CC(C)(C)C)C(=O)Nc1cccc(C(=O)O)c1. The van der Waals surface area contributed by atoms with E-state index in [1.807, 2.05) is 20.8 Å². The minimum Gasteiger partial charge on any atom is -0.478 e. The van der Waals surface area contributed by atoms with Crippen LogP contribution in [0.25, 0.3) is 0 Å². The van der Waals surface area contributed by atoms with Gasteiger partial charge < -0.3 is 15.3 Å². The molecular formula is C14H20N2O3. The fourth-order valence-corrected chi connectivity index (χ4v) is 1.73. The van der Waals surface area contributed by atoms with E-state index in [4.69, 9.17) is 5.11 Å². The minimum absolute atomic E-state index is 0.00893. The summed E-state index contributed by atoms with van der Waals surface area (Å²) in [4.78, 5) is 24.4. The van der Waals surface area contributed by atoms with Crippen LogP contribution in [0.15, 0.2) is 24.3 Å². The van der Waals surface area contributed by atoms with Gasteiger partial charge in [0.1, 0.15) is 0 Å². The number of anilines is 1. The van der Waals surface area contributed by atoms with Gasteiger partial charge in [-0.3, -0.25) is 0 Å². The van der Waals surface area contributed by atoms with Gasteiger partial charge in [-0.2, -0.15) is 0 Å². The molecule has 0 aliphatic heterocycles. The van der Waals surface area contributed by atoms with Crippen molar-refractivity contribution in [2.45, 2.75) is 20.8 Å². The molecule has 0 fully saturated rings. The van der Waals surface area contributed by atoms with Crippen molar-refractivity contribution in [2.75, 3.05) is 18.9 Å². The zero-order chi connectivity index (χ0) is 14.6. The van der Waals surface area contributed by atoms with E-state index in [2.05, 4.69) is 5.32 Å². The molecule has 0 bridgehead atoms. The van der Waals surface area contributed by atoms with Crippen molar-refractivity contribution in [3.8, 4) is 0 Å². The number of aromatic carboxylic acids is 1. The topological polar surface area (TPSA) is 69.6 Å². The summed E-state index contributed by atoms with van der Waals surface area (Å²) < 4.78 is 0. The van der Waals surface area contributed by atoms with E-state index in [0.717, 1.165) is 0 Å². The maximum absolute atomic E-state index is 11.9. The van der Waals surface area contributed by atoms with E-state index in [9.17, 15) is 9.59 Å². The highest BCUT2D eigenvalue weighted by atomic mass is 16.4. The number of carbonyl (C=O) groups excluding carboxylic acids is 1. The number of rotatable bonds is 3. The molecule has 1 aromatic rings. The van der Waals surface area contributed by atoms with Crippen LogP contribution < -0.4 is 5.32 Å². The monoisotopic (exact) mass is 264 g/mol. The van der Waals surface area contributed by atoms with E-state index in [0.29, 0.717) is 12.2 Å². The summed E-state index contributed by atoms with van der Waals surface area (Å²) >= 11 is 0. The maximum Gasteiger partial charge on any atom is 0.335 e. The standard InChI is InChI=1S/C14H20N2O3/c1-14(2,3)9-16(4)13(19)15-11-7-5-6-10(8-11)12(17)18/h5-8H,9H2,1-4H3,(H,15,19)(H,17,18). The molecule has 0 saturated carbocycles. The predicted octanol–water partition coefficient (Wildman–Crippen LogP) is 2.89. The summed E-state index contributed by atoms with van der Waals surface area (Å²) in [5, 5.41) is 11.6. The first-order valence-electron chi connectivity index (χ1n) is 6.04. The van der Waals surface area contributed by atoms with Crippen molar-refractivity contribution in [3.63, 3.8) is 0 Å². The second-order valence-corrected chi connectivity index (χ2v) is 5.73. The van der Waals surface area contributed by atoms with Gasteiger partial charge in [0.05, 0.1) is 5.56 Å². The number of hydrogen-bond acceptors (Lipinski definition) is 2. The molecule has 2 N–H and O–H groups in total. The Morgan fingerprint density at radius 2 is 1.95 bits per heavy atom. The van der Waals surface area contributed by atoms with Crippen molar-refractivity contribution >= 4 is 17.7 Å². The van der Waals surface area contributed by atoms with E-state index in [-0.39, 0.29) is 17.0 Å². The number of urea groups is 1. The second kappa shape index (κ2) is 5.73. The van der Waals surface area contributed by atoms with E-state index >= 15 is 0 Å². The van der Waals surface area contributed by atoms with Gasteiger partial charge >= 0.3 is 12.0 Å². The molecular weight excluding hydrogens is 244 g/mol. The van der Waals surface area contributed by atoms with Crippen LogP contribution in [0.1, 0.15) is 31.1 Å². The lowest BCUT2D eigenvalue weighted by Crippen LogP contribution is -2.37. The van der Waals surface area contributed by atoms with Crippen LogP contribution in [0.3, 0.4) is 0 Å². The van der Waals surface area contributed by atoms with Crippen LogP contribution in [0.4, 0.5) is 10.5 Å². The lowest BCUT2D eigenvalue weighted by molar-refractivity contribution is 0.0697. The number of carboxylic acid groups (broad SMARTS) is 1. The number of hydrogen-bond donors (Lipinski definition) is 2. The second-order valence-electron chi connectivity index (χ2n) is 5.73. The molecule has 0 radical (unpaired) electrons. The summed E-state index contributed by atoms with van der Waals surface area (Å²) in [7, 11) is 1.71. The Morgan fingerprint density at radius 1 is 1.32 bits per heavy atom. The summed E-state index contributed by atoms with van der Waals surface area (Å²) in [6.07, 6.45) is 0. The summed E-state index contributed by atoms with van der Waals surface area (Å²) in [6, 6.07) is 5.93. The van der Waals surface area contributed by atoms with Crippen LogP contribution in [0.2, 0.25) is 0 Å². The highest BCUT2D eigenvalue weighted by molar-refractivity contribution is 5.93. The predicted molar refractivity (Wildman–Crippen MR) is 74.5 cm³/mol. The van der Waals surface area contributed by atoms with E-state index in [1.165, 1.54) is 12.1 Å². The molecule has 5 heteroatoms. The Kier molecular flexibility index (Phi) is 4.53.